The van der Waals surface area contributed by atoms with Gasteiger partial charge in [0.25, 0.3) is 0 Å². The third-order valence-corrected chi connectivity index (χ3v) is 3.95. The molecule has 1 aromatic carbocycles. The maximum absolute atomic E-state index is 11.7. The Morgan fingerprint density at radius 3 is 2.53 bits per heavy atom. The molecule has 17 heavy (non-hydrogen) atoms. The molecule has 0 aliphatic heterocycles. The van der Waals surface area contributed by atoms with Crippen LogP contribution in [-0.2, 0) is 15.4 Å². The summed E-state index contributed by atoms with van der Waals surface area (Å²) >= 11 is 0. The normalized spacial score (nSPS) is 14.0. The molecule has 0 bridgehead atoms. The topological polar surface area (TPSA) is 94.8 Å². The van der Waals surface area contributed by atoms with Crippen LogP contribution in [-0.4, -0.2) is 25.3 Å². The minimum atomic E-state index is -4.01. The van der Waals surface area contributed by atoms with Crippen LogP contribution in [0.3, 0.4) is 0 Å². The van der Waals surface area contributed by atoms with Gasteiger partial charge in [0.05, 0.1) is 21.9 Å². The van der Waals surface area contributed by atoms with Gasteiger partial charge in [-0.05, 0) is 18.6 Å². The fraction of sp³-hybridized carbons (Fsp3) is 0.200. The van der Waals surface area contributed by atoms with Crippen molar-refractivity contribution in [3.63, 3.8) is 0 Å². The van der Waals surface area contributed by atoms with Crippen LogP contribution >= 0.6 is 7.60 Å². The maximum Gasteiger partial charge on any atom is 0.325 e. The van der Waals surface area contributed by atoms with Crippen LogP contribution in [0.1, 0.15) is 6.42 Å². The summed E-state index contributed by atoms with van der Waals surface area (Å²) in [5.41, 5.74) is 0. The molecular weight excluding hydrogens is 263 g/mol. The van der Waals surface area contributed by atoms with E-state index in [2.05, 4.69) is 0 Å². The van der Waals surface area contributed by atoms with Crippen LogP contribution in [0, 0.1) is 0 Å². The molecule has 7 heteroatoms. The van der Waals surface area contributed by atoms with Crippen molar-refractivity contribution < 1.29 is 23.7 Å². The van der Waals surface area contributed by atoms with Crippen molar-refractivity contribution in [3.05, 3.63) is 35.7 Å². The SMILES string of the molecule is O=S(C=CCCP(=O)(O)O)c1ccccc1O. The second-order valence-electron chi connectivity index (χ2n) is 3.31. The monoisotopic (exact) mass is 276 g/mol. The van der Waals surface area contributed by atoms with Gasteiger partial charge in [0.15, 0.2) is 0 Å². The van der Waals surface area contributed by atoms with Gasteiger partial charge >= 0.3 is 7.60 Å². The van der Waals surface area contributed by atoms with Gasteiger partial charge in [-0.25, -0.2) is 4.21 Å². The molecule has 1 aromatic rings. The Labute approximate surface area is 101 Å². The Bertz CT molecular complexity index is 479. The van der Waals surface area contributed by atoms with E-state index in [1.165, 1.54) is 23.6 Å². The lowest BCUT2D eigenvalue weighted by atomic mass is 10.3. The molecule has 0 amide bonds. The minimum absolute atomic E-state index is 0.0644. The molecule has 0 aromatic heterocycles. The standard InChI is InChI=1S/C10H13O5PS/c11-9-5-1-2-6-10(9)17(15)8-4-3-7-16(12,13)14/h1-2,4-6,8,11H,3,7H2,(H2,12,13,14). The third kappa shape index (κ3) is 5.28. The Morgan fingerprint density at radius 2 is 1.94 bits per heavy atom. The highest BCUT2D eigenvalue weighted by atomic mass is 32.2. The highest BCUT2D eigenvalue weighted by molar-refractivity contribution is 7.88. The molecule has 0 saturated heterocycles. The fourth-order valence-electron chi connectivity index (χ4n) is 1.10. The molecule has 0 saturated carbocycles. The maximum atomic E-state index is 11.7. The Morgan fingerprint density at radius 1 is 1.29 bits per heavy atom. The van der Waals surface area contributed by atoms with Crippen molar-refractivity contribution in [1.29, 1.82) is 0 Å². The number of phenols is 1. The molecule has 5 nitrogen and oxygen atoms in total. The molecule has 3 N–H and O–H groups in total. The lowest BCUT2D eigenvalue weighted by Crippen LogP contribution is -1.88. The van der Waals surface area contributed by atoms with Crippen LogP contribution in [0.15, 0.2) is 40.6 Å². The minimum Gasteiger partial charge on any atom is -0.507 e. The van der Waals surface area contributed by atoms with Gasteiger partial charge in [-0.2, -0.15) is 0 Å². The predicted octanol–water partition coefficient (Wildman–Crippen LogP) is 1.58. The molecular formula is C10H13O5PS. The van der Waals surface area contributed by atoms with Crippen LogP contribution in [0.5, 0.6) is 5.75 Å². The summed E-state index contributed by atoms with van der Waals surface area (Å²) < 4.78 is 22.2. The Balaban J connectivity index is 2.59. The first kappa shape index (κ1) is 14.1. The highest BCUT2D eigenvalue weighted by Crippen LogP contribution is 2.34. The molecule has 0 fully saturated rings. The molecule has 1 rings (SSSR count). The molecule has 0 radical (unpaired) electrons. The molecule has 0 spiro atoms. The predicted molar refractivity (Wildman–Crippen MR) is 65.2 cm³/mol. The number of allylic oxidation sites excluding steroid dienone is 1. The van der Waals surface area contributed by atoms with Crippen LogP contribution in [0.2, 0.25) is 0 Å². The lowest BCUT2D eigenvalue weighted by Gasteiger charge is -2.00. The van der Waals surface area contributed by atoms with E-state index in [1.54, 1.807) is 12.1 Å². The second kappa shape index (κ2) is 6.12. The number of hydrogen-bond acceptors (Lipinski definition) is 3. The van der Waals surface area contributed by atoms with E-state index in [-0.39, 0.29) is 23.2 Å². The zero-order chi connectivity index (χ0) is 12.9. The number of phenolic OH excluding ortho intramolecular Hbond substituents is 1. The third-order valence-electron chi connectivity index (χ3n) is 1.89. The summed E-state index contributed by atoms with van der Waals surface area (Å²) in [6, 6.07) is 6.22. The smallest absolute Gasteiger partial charge is 0.325 e. The average Bonchev–Trinajstić information content (AvgIpc) is 2.23. The van der Waals surface area contributed by atoms with E-state index in [0.717, 1.165) is 0 Å². The van der Waals surface area contributed by atoms with Crippen LogP contribution < -0.4 is 0 Å². The van der Waals surface area contributed by atoms with Crippen molar-refractivity contribution >= 4 is 18.4 Å². The lowest BCUT2D eigenvalue weighted by molar-refractivity contribution is 0.373. The van der Waals surface area contributed by atoms with E-state index in [9.17, 15) is 13.9 Å². The molecule has 0 aliphatic carbocycles. The first-order valence-electron chi connectivity index (χ1n) is 4.80. The Kier molecular flexibility index (Phi) is 5.08. The van der Waals surface area contributed by atoms with Gasteiger partial charge < -0.3 is 14.9 Å². The van der Waals surface area contributed by atoms with Gasteiger partial charge in [0.1, 0.15) is 5.75 Å². The first-order chi connectivity index (χ1) is 7.90. The van der Waals surface area contributed by atoms with Gasteiger partial charge in [-0.15, -0.1) is 0 Å². The van der Waals surface area contributed by atoms with Crippen LogP contribution in [0.4, 0.5) is 0 Å². The largest absolute Gasteiger partial charge is 0.507 e. The summed E-state index contributed by atoms with van der Waals surface area (Å²) in [5, 5.41) is 10.7. The van der Waals surface area contributed by atoms with E-state index in [0.29, 0.717) is 0 Å². The fourth-order valence-corrected chi connectivity index (χ4v) is 2.53. The molecule has 1 atom stereocenters. The summed E-state index contributed by atoms with van der Waals surface area (Å²) in [6.07, 6.45) is 1.30. The van der Waals surface area contributed by atoms with Crippen molar-refractivity contribution in [2.24, 2.45) is 0 Å². The van der Waals surface area contributed by atoms with E-state index in [1.807, 2.05) is 0 Å². The molecule has 1 unspecified atom stereocenters. The summed E-state index contributed by atoms with van der Waals surface area (Å²) in [5.74, 6) is -0.0644. The number of rotatable bonds is 5. The van der Waals surface area contributed by atoms with Gasteiger partial charge in [-0.3, -0.25) is 4.57 Å². The average molecular weight is 276 g/mol. The summed E-state index contributed by atoms with van der Waals surface area (Å²) in [4.78, 5) is 17.5. The van der Waals surface area contributed by atoms with E-state index < -0.39 is 18.4 Å². The zero-order valence-corrected chi connectivity index (χ0v) is 10.6. The zero-order valence-electron chi connectivity index (χ0n) is 8.89. The molecule has 0 aliphatic rings. The van der Waals surface area contributed by atoms with E-state index >= 15 is 0 Å². The number of aromatic hydroxyl groups is 1. The van der Waals surface area contributed by atoms with Crippen molar-refractivity contribution in [2.75, 3.05) is 6.16 Å². The Hall–Kier alpha value is -0.940. The second-order valence-corrected chi connectivity index (χ2v) is 6.40. The first-order valence-corrected chi connectivity index (χ1v) is 7.81. The number of benzene rings is 1. The summed E-state index contributed by atoms with van der Waals surface area (Å²) in [7, 11) is -5.51. The van der Waals surface area contributed by atoms with Crippen molar-refractivity contribution in [3.8, 4) is 5.75 Å². The quantitative estimate of drug-likeness (QED) is 0.710. The molecule has 0 heterocycles. The summed E-state index contributed by atoms with van der Waals surface area (Å²) in [6.45, 7) is 0. The van der Waals surface area contributed by atoms with Crippen LogP contribution in [0.25, 0.3) is 0 Å². The number of para-hydroxylation sites is 1. The van der Waals surface area contributed by atoms with E-state index in [4.69, 9.17) is 9.79 Å². The van der Waals surface area contributed by atoms with Gasteiger partial charge in [0.2, 0.25) is 0 Å². The molecule has 94 valence electrons. The van der Waals surface area contributed by atoms with Gasteiger partial charge in [-0.1, -0.05) is 18.2 Å². The van der Waals surface area contributed by atoms with Crippen molar-refractivity contribution in [2.45, 2.75) is 11.3 Å². The van der Waals surface area contributed by atoms with Gasteiger partial charge in [0, 0.05) is 5.41 Å². The number of hydrogen-bond donors (Lipinski definition) is 3. The van der Waals surface area contributed by atoms with Crippen molar-refractivity contribution in [1.82, 2.24) is 0 Å². The highest BCUT2D eigenvalue weighted by Gasteiger charge is 2.10.